The lowest BCUT2D eigenvalue weighted by Crippen LogP contribution is -2.28. The molecule has 1 aromatic rings. The third-order valence-electron chi connectivity index (χ3n) is 2.68. The third-order valence-corrected chi connectivity index (χ3v) is 2.68. The summed E-state index contributed by atoms with van der Waals surface area (Å²) < 4.78 is 18.6. The first-order valence-electron chi connectivity index (χ1n) is 6.63. The molecule has 0 radical (unpaired) electrons. The van der Waals surface area contributed by atoms with Crippen LogP contribution in [0.15, 0.2) is 12.1 Å². The summed E-state index contributed by atoms with van der Waals surface area (Å²) in [7, 11) is 0. The summed E-state index contributed by atoms with van der Waals surface area (Å²) in [6, 6.07) is 1.90. The molecule has 116 valence electrons. The van der Waals surface area contributed by atoms with Gasteiger partial charge in [0.05, 0.1) is 11.5 Å². The zero-order valence-electron chi connectivity index (χ0n) is 12.3. The Morgan fingerprint density at radius 2 is 2.14 bits per heavy atom. The molecule has 0 heterocycles. The minimum Gasteiger partial charge on any atom is -0.379 e. The van der Waals surface area contributed by atoms with Crippen molar-refractivity contribution in [2.45, 2.75) is 20.8 Å². The number of rotatable bonds is 7. The average molecular weight is 298 g/mol. The van der Waals surface area contributed by atoms with E-state index in [0.717, 1.165) is 12.1 Å². The lowest BCUT2D eigenvalue weighted by molar-refractivity contribution is -0.385. The number of nitrogens with zero attached hydrogens (tertiary/aromatic N) is 1. The van der Waals surface area contributed by atoms with E-state index >= 15 is 0 Å². The number of hydrogen-bond donors (Lipinski definition) is 1. The molecule has 0 aliphatic rings. The van der Waals surface area contributed by atoms with Gasteiger partial charge in [-0.2, -0.15) is 0 Å². The quantitative estimate of drug-likeness (QED) is 0.476. The minimum atomic E-state index is -0.683. The Hall–Kier alpha value is -2.02. The van der Waals surface area contributed by atoms with Crippen molar-refractivity contribution in [2.75, 3.05) is 19.8 Å². The second-order valence-corrected chi connectivity index (χ2v) is 5.10. The zero-order chi connectivity index (χ0) is 16.0. The molecule has 0 aliphatic carbocycles. The summed E-state index contributed by atoms with van der Waals surface area (Å²) in [5.74, 6) is -0.982. The predicted molar refractivity (Wildman–Crippen MR) is 75.8 cm³/mol. The van der Waals surface area contributed by atoms with Crippen molar-refractivity contribution < 1.29 is 18.8 Å². The topological polar surface area (TPSA) is 81.5 Å². The first-order valence-corrected chi connectivity index (χ1v) is 6.63. The van der Waals surface area contributed by atoms with Gasteiger partial charge in [-0.1, -0.05) is 13.8 Å². The molecule has 0 aliphatic heterocycles. The van der Waals surface area contributed by atoms with Gasteiger partial charge in [-0.05, 0) is 25.0 Å². The molecule has 6 nitrogen and oxygen atoms in total. The fraction of sp³-hybridized carbons (Fsp3) is 0.500. The van der Waals surface area contributed by atoms with E-state index in [4.69, 9.17) is 4.74 Å². The number of ether oxygens (including phenoxy) is 1. The van der Waals surface area contributed by atoms with Gasteiger partial charge in [-0.15, -0.1) is 0 Å². The van der Waals surface area contributed by atoms with Crippen molar-refractivity contribution in [3.63, 3.8) is 0 Å². The highest BCUT2D eigenvalue weighted by atomic mass is 19.1. The maximum atomic E-state index is 13.3. The Balaban J connectivity index is 2.72. The van der Waals surface area contributed by atoms with Crippen LogP contribution >= 0.6 is 0 Å². The summed E-state index contributed by atoms with van der Waals surface area (Å²) in [6.45, 7) is 6.46. The number of amides is 1. The van der Waals surface area contributed by atoms with E-state index in [2.05, 4.69) is 5.32 Å². The molecule has 0 atom stereocenters. The summed E-state index contributed by atoms with van der Waals surface area (Å²) >= 11 is 0. The first-order chi connectivity index (χ1) is 9.82. The largest absolute Gasteiger partial charge is 0.379 e. The summed E-state index contributed by atoms with van der Waals surface area (Å²) in [5.41, 5.74) is -0.542. The third kappa shape index (κ3) is 5.11. The summed E-state index contributed by atoms with van der Waals surface area (Å²) in [6.07, 6.45) is 0. The Labute approximate surface area is 122 Å². The van der Waals surface area contributed by atoms with Crippen LogP contribution in [0.1, 0.15) is 29.8 Å². The van der Waals surface area contributed by atoms with E-state index in [1.807, 2.05) is 13.8 Å². The van der Waals surface area contributed by atoms with E-state index in [-0.39, 0.29) is 23.4 Å². The standard InChI is InChI=1S/C14H19FN2O4/c1-9(2)8-21-5-4-16-14(18)12-7-11(15)6-10(3)13(12)17(19)20/h6-7,9H,4-5,8H2,1-3H3,(H,16,18). The Bertz CT molecular complexity index is 532. The van der Waals surface area contributed by atoms with Crippen LogP contribution in [0.3, 0.4) is 0 Å². The summed E-state index contributed by atoms with van der Waals surface area (Å²) in [5, 5.41) is 13.5. The summed E-state index contributed by atoms with van der Waals surface area (Å²) in [4.78, 5) is 22.2. The molecule has 1 N–H and O–H groups in total. The number of nitro benzene ring substituents is 1. The second-order valence-electron chi connectivity index (χ2n) is 5.10. The fourth-order valence-electron chi connectivity index (χ4n) is 1.80. The molecule has 0 bridgehead atoms. The van der Waals surface area contributed by atoms with Gasteiger partial charge in [-0.3, -0.25) is 14.9 Å². The molecule has 0 fully saturated rings. The van der Waals surface area contributed by atoms with Crippen LogP contribution < -0.4 is 5.32 Å². The van der Waals surface area contributed by atoms with E-state index in [0.29, 0.717) is 19.1 Å². The predicted octanol–water partition coefficient (Wildman–Crippen LogP) is 2.44. The second kappa shape index (κ2) is 7.68. The van der Waals surface area contributed by atoms with Crippen molar-refractivity contribution in [1.82, 2.24) is 5.32 Å². The molecule has 7 heteroatoms. The fourth-order valence-corrected chi connectivity index (χ4v) is 1.80. The normalized spacial score (nSPS) is 10.7. The Morgan fingerprint density at radius 3 is 2.71 bits per heavy atom. The Kier molecular flexibility index (Phi) is 6.23. The molecule has 0 saturated heterocycles. The van der Waals surface area contributed by atoms with E-state index in [1.54, 1.807) is 0 Å². The van der Waals surface area contributed by atoms with Crippen molar-refractivity contribution in [2.24, 2.45) is 5.92 Å². The number of carbonyl (C=O) groups excluding carboxylic acids is 1. The SMILES string of the molecule is Cc1cc(F)cc(C(=O)NCCOCC(C)C)c1[N+](=O)[O-]. The van der Waals surface area contributed by atoms with Crippen molar-refractivity contribution >= 4 is 11.6 Å². The van der Waals surface area contributed by atoms with E-state index in [1.165, 1.54) is 6.92 Å². The zero-order valence-corrected chi connectivity index (χ0v) is 12.3. The number of nitro groups is 1. The number of benzene rings is 1. The molecular weight excluding hydrogens is 279 g/mol. The lowest BCUT2D eigenvalue weighted by atomic mass is 10.1. The van der Waals surface area contributed by atoms with Gasteiger partial charge in [0.15, 0.2) is 0 Å². The van der Waals surface area contributed by atoms with Gasteiger partial charge in [0.25, 0.3) is 11.6 Å². The van der Waals surface area contributed by atoms with Crippen LogP contribution in [0.2, 0.25) is 0 Å². The highest BCUT2D eigenvalue weighted by Crippen LogP contribution is 2.24. The van der Waals surface area contributed by atoms with Gasteiger partial charge in [-0.25, -0.2) is 4.39 Å². The molecule has 1 rings (SSSR count). The van der Waals surface area contributed by atoms with Gasteiger partial charge >= 0.3 is 0 Å². The van der Waals surface area contributed by atoms with Crippen LogP contribution in [-0.2, 0) is 4.74 Å². The Morgan fingerprint density at radius 1 is 1.48 bits per heavy atom. The molecule has 1 amide bonds. The van der Waals surface area contributed by atoms with E-state index in [9.17, 15) is 19.3 Å². The molecule has 0 aromatic heterocycles. The average Bonchev–Trinajstić information content (AvgIpc) is 2.36. The van der Waals surface area contributed by atoms with Gasteiger partial charge in [0, 0.05) is 18.7 Å². The molecule has 0 saturated carbocycles. The maximum absolute atomic E-state index is 13.3. The number of halogens is 1. The van der Waals surface area contributed by atoms with Crippen molar-refractivity contribution in [1.29, 1.82) is 0 Å². The first kappa shape index (κ1) is 17.0. The molecule has 0 spiro atoms. The lowest BCUT2D eigenvalue weighted by Gasteiger charge is -2.09. The van der Waals surface area contributed by atoms with Crippen LogP contribution in [0.5, 0.6) is 0 Å². The van der Waals surface area contributed by atoms with E-state index < -0.39 is 16.6 Å². The molecule has 1 aromatic carbocycles. The number of nitrogens with one attached hydrogen (secondary N) is 1. The van der Waals surface area contributed by atoms with Crippen LogP contribution in [0, 0.1) is 28.8 Å². The highest BCUT2D eigenvalue weighted by molar-refractivity contribution is 5.98. The molecule has 21 heavy (non-hydrogen) atoms. The maximum Gasteiger partial charge on any atom is 0.285 e. The van der Waals surface area contributed by atoms with Crippen molar-refractivity contribution in [3.05, 3.63) is 39.2 Å². The van der Waals surface area contributed by atoms with Gasteiger partial charge in [0.2, 0.25) is 0 Å². The molecular formula is C14H19FN2O4. The van der Waals surface area contributed by atoms with Crippen LogP contribution in [0.25, 0.3) is 0 Å². The van der Waals surface area contributed by atoms with Crippen molar-refractivity contribution in [3.8, 4) is 0 Å². The van der Waals surface area contributed by atoms with Gasteiger partial charge < -0.3 is 10.1 Å². The number of carbonyl (C=O) groups is 1. The molecule has 0 unspecified atom stereocenters. The number of aryl methyl sites for hydroxylation is 1. The monoisotopic (exact) mass is 298 g/mol. The smallest absolute Gasteiger partial charge is 0.285 e. The minimum absolute atomic E-state index is 0.112. The van der Waals surface area contributed by atoms with Crippen LogP contribution in [0.4, 0.5) is 10.1 Å². The van der Waals surface area contributed by atoms with Crippen LogP contribution in [-0.4, -0.2) is 30.6 Å². The number of hydrogen-bond acceptors (Lipinski definition) is 4. The van der Waals surface area contributed by atoms with Gasteiger partial charge in [0.1, 0.15) is 11.4 Å². The highest BCUT2D eigenvalue weighted by Gasteiger charge is 2.23.